The number of phenols is 1. The number of unbranched alkanes of at least 4 members (excludes halogenated alkanes) is 4. The number of hydrogen-bond donors (Lipinski definition) is 1. The van der Waals surface area contributed by atoms with Crippen molar-refractivity contribution in [3.8, 4) is 5.75 Å². The van der Waals surface area contributed by atoms with E-state index in [0.717, 1.165) is 44.1 Å². The quantitative estimate of drug-likeness (QED) is 0.312. The van der Waals surface area contributed by atoms with E-state index in [0.29, 0.717) is 17.6 Å². The molecule has 0 saturated heterocycles. The zero-order chi connectivity index (χ0) is 20.3. The van der Waals surface area contributed by atoms with Gasteiger partial charge in [0, 0.05) is 0 Å². The Morgan fingerprint density at radius 2 is 1.52 bits per heavy atom. The van der Waals surface area contributed by atoms with Gasteiger partial charge >= 0.3 is 0 Å². The van der Waals surface area contributed by atoms with Gasteiger partial charge in [0.1, 0.15) is 11.4 Å². The molecule has 0 fully saturated rings. The van der Waals surface area contributed by atoms with Gasteiger partial charge in [-0.3, -0.25) is 4.79 Å². The van der Waals surface area contributed by atoms with Crippen molar-refractivity contribution in [3.05, 3.63) is 29.3 Å². The number of benzene rings is 1. The monoisotopic (exact) mass is 376 g/mol. The molecule has 0 saturated carbocycles. The number of rotatable bonds is 13. The highest BCUT2D eigenvalue weighted by Gasteiger charge is 2.17. The lowest BCUT2D eigenvalue weighted by Gasteiger charge is -2.22. The smallest absolute Gasteiger partial charge is 0.293 e. The van der Waals surface area contributed by atoms with Crippen molar-refractivity contribution in [2.24, 2.45) is 5.41 Å². The molecular weight excluding hydrogens is 336 g/mol. The fourth-order valence-electron chi connectivity index (χ4n) is 3.39. The lowest BCUT2D eigenvalue weighted by atomic mass is 9.89. The molecule has 1 N–H and O–H groups in total. The molecule has 27 heavy (non-hydrogen) atoms. The normalized spacial score (nSPS) is 12.2. The van der Waals surface area contributed by atoms with Crippen LogP contribution < -0.4 is 0 Å². The van der Waals surface area contributed by atoms with Gasteiger partial charge in [0.15, 0.2) is 0 Å². The Labute approximate surface area is 166 Å². The topological polar surface area (TPSA) is 46.5 Å². The van der Waals surface area contributed by atoms with Gasteiger partial charge in [0.2, 0.25) is 0 Å². The summed E-state index contributed by atoms with van der Waals surface area (Å²) in [7, 11) is 0. The summed E-state index contributed by atoms with van der Waals surface area (Å²) in [6.45, 7) is 11.3. The number of carbonyl (C=O) groups is 1. The highest BCUT2D eigenvalue weighted by atomic mass is 16.5. The summed E-state index contributed by atoms with van der Waals surface area (Å²) in [6, 6.07) is 6.08. The number of aromatic hydroxyl groups is 1. The van der Waals surface area contributed by atoms with E-state index in [1.54, 1.807) is 0 Å². The molecule has 0 unspecified atom stereocenters. The highest BCUT2D eigenvalue weighted by molar-refractivity contribution is 5.38. The molecular formula is C24H40O3. The van der Waals surface area contributed by atoms with E-state index in [4.69, 9.17) is 4.74 Å². The fraction of sp³-hybridized carbons (Fsp3) is 0.708. The third-order valence-corrected chi connectivity index (χ3v) is 5.13. The molecule has 1 aromatic rings. The van der Waals surface area contributed by atoms with Crippen molar-refractivity contribution in [1.82, 2.24) is 0 Å². The lowest BCUT2D eigenvalue weighted by Crippen LogP contribution is -2.23. The van der Waals surface area contributed by atoms with Crippen LogP contribution in [0.15, 0.2) is 18.2 Å². The van der Waals surface area contributed by atoms with Crippen LogP contribution in [0.2, 0.25) is 0 Å². The van der Waals surface area contributed by atoms with Crippen molar-refractivity contribution in [2.45, 2.75) is 104 Å². The minimum absolute atomic E-state index is 0.378. The predicted molar refractivity (Wildman–Crippen MR) is 113 cm³/mol. The zero-order valence-electron chi connectivity index (χ0n) is 18.1. The average Bonchev–Trinajstić information content (AvgIpc) is 2.55. The van der Waals surface area contributed by atoms with E-state index < -0.39 is 0 Å². The fourth-order valence-corrected chi connectivity index (χ4v) is 3.39. The molecule has 0 spiro atoms. The van der Waals surface area contributed by atoms with Crippen molar-refractivity contribution in [3.63, 3.8) is 0 Å². The molecule has 0 aliphatic carbocycles. The molecule has 0 aliphatic heterocycles. The number of ether oxygens (including phenoxy) is 1. The minimum atomic E-state index is -0.378. The SMILES string of the molecule is CC(C)(C)CCCCCc1ccc(O)c(CCCCCC(C)(C)OC=O)c1. The molecule has 0 amide bonds. The Kier molecular flexibility index (Phi) is 9.90. The van der Waals surface area contributed by atoms with E-state index in [2.05, 4.69) is 32.9 Å². The molecule has 0 radical (unpaired) electrons. The van der Waals surface area contributed by atoms with Gasteiger partial charge in [-0.15, -0.1) is 0 Å². The molecule has 0 bridgehead atoms. The Morgan fingerprint density at radius 3 is 2.15 bits per heavy atom. The second-order valence-corrected chi connectivity index (χ2v) is 9.62. The lowest BCUT2D eigenvalue weighted by molar-refractivity contribution is -0.140. The molecule has 1 rings (SSSR count). The first kappa shape index (κ1) is 23.5. The van der Waals surface area contributed by atoms with Crippen molar-refractivity contribution in [2.75, 3.05) is 0 Å². The van der Waals surface area contributed by atoms with Crippen LogP contribution in [0.1, 0.15) is 97.1 Å². The molecule has 0 aliphatic rings. The number of phenolic OH excluding ortho intramolecular Hbond substituents is 1. The molecule has 0 atom stereocenters. The van der Waals surface area contributed by atoms with Crippen LogP contribution in [0.4, 0.5) is 0 Å². The first-order valence-electron chi connectivity index (χ1n) is 10.6. The molecule has 3 heteroatoms. The highest BCUT2D eigenvalue weighted by Crippen LogP contribution is 2.25. The second kappa shape index (κ2) is 11.4. The zero-order valence-corrected chi connectivity index (χ0v) is 18.1. The molecule has 3 nitrogen and oxygen atoms in total. The van der Waals surface area contributed by atoms with Crippen LogP contribution >= 0.6 is 0 Å². The molecule has 1 aromatic carbocycles. The average molecular weight is 377 g/mol. The molecule has 0 aromatic heterocycles. The Hall–Kier alpha value is -1.51. The Morgan fingerprint density at radius 1 is 0.889 bits per heavy atom. The maximum atomic E-state index is 10.5. The van der Waals surface area contributed by atoms with Crippen molar-refractivity contribution < 1.29 is 14.6 Å². The van der Waals surface area contributed by atoms with Gasteiger partial charge in [-0.25, -0.2) is 0 Å². The van der Waals surface area contributed by atoms with E-state index in [-0.39, 0.29) is 5.60 Å². The van der Waals surface area contributed by atoms with Crippen molar-refractivity contribution >= 4 is 6.47 Å². The van der Waals surface area contributed by atoms with Gasteiger partial charge in [0.25, 0.3) is 6.47 Å². The summed E-state index contributed by atoms with van der Waals surface area (Å²) in [5.74, 6) is 0.413. The van der Waals surface area contributed by atoms with Crippen LogP contribution in [0.5, 0.6) is 5.75 Å². The van der Waals surface area contributed by atoms with Gasteiger partial charge < -0.3 is 9.84 Å². The molecule has 0 heterocycles. The van der Waals surface area contributed by atoms with Gasteiger partial charge in [-0.1, -0.05) is 52.2 Å². The van der Waals surface area contributed by atoms with Gasteiger partial charge in [0.05, 0.1) is 0 Å². The summed E-state index contributed by atoms with van der Waals surface area (Å²) >= 11 is 0. The van der Waals surface area contributed by atoms with Crippen LogP contribution in [-0.2, 0) is 22.4 Å². The van der Waals surface area contributed by atoms with Gasteiger partial charge in [-0.05, 0) is 81.4 Å². The maximum absolute atomic E-state index is 10.5. The predicted octanol–water partition coefficient (Wildman–Crippen LogP) is 6.60. The van der Waals surface area contributed by atoms with Gasteiger partial charge in [-0.2, -0.15) is 0 Å². The largest absolute Gasteiger partial charge is 0.508 e. The second-order valence-electron chi connectivity index (χ2n) is 9.62. The van der Waals surface area contributed by atoms with E-state index in [9.17, 15) is 9.90 Å². The Bertz CT molecular complexity index is 555. The number of aryl methyl sites for hydroxylation is 2. The van der Waals surface area contributed by atoms with Crippen LogP contribution in [0.25, 0.3) is 0 Å². The first-order chi connectivity index (χ1) is 12.6. The third-order valence-electron chi connectivity index (χ3n) is 5.13. The summed E-state index contributed by atoms with van der Waals surface area (Å²) in [6.07, 6.45) is 11.1. The van der Waals surface area contributed by atoms with E-state index >= 15 is 0 Å². The summed E-state index contributed by atoms with van der Waals surface area (Å²) in [5.41, 5.74) is 2.45. The van der Waals surface area contributed by atoms with E-state index in [1.165, 1.54) is 31.2 Å². The Balaban J connectivity index is 2.33. The summed E-state index contributed by atoms with van der Waals surface area (Å²) in [4.78, 5) is 10.5. The van der Waals surface area contributed by atoms with E-state index in [1.807, 2.05) is 19.9 Å². The standard InChI is InChI=1S/C24H40O3/c1-23(2,3)16-10-6-8-12-20-14-15-22(26)21(18-20)13-9-7-11-17-24(4,5)27-19-25/h14-15,18-19,26H,6-13,16-17H2,1-5H3. The number of hydrogen-bond acceptors (Lipinski definition) is 3. The first-order valence-corrected chi connectivity index (χ1v) is 10.6. The summed E-state index contributed by atoms with van der Waals surface area (Å²) < 4.78 is 5.08. The number of carbonyl (C=O) groups excluding carboxylic acids is 1. The van der Waals surface area contributed by atoms with Crippen molar-refractivity contribution in [1.29, 1.82) is 0 Å². The van der Waals surface area contributed by atoms with Crippen LogP contribution in [0, 0.1) is 5.41 Å². The minimum Gasteiger partial charge on any atom is -0.508 e. The summed E-state index contributed by atoms with van der Waals surface area (Å²) in [5, 5.41) is 10.1. The maximum Gasteiger partial charge on any atom is 0.293 e. The van der Waals surface area contributed by atoms with Crippen LogP contribution in [0.3, 0.4) is 0 Å². The van der Waals surface area contributed by atoms with Crippen LogP contribution in [-0.4, -0.2) is 17.2 Å². The molecule has 154 valence electrons. The third kappa shape index (κ3) is 11.0.